The number of hydrogen-bond donors (Lipinski definition) is 3. The molecule has 1 fully saturated rings. The Morgan fingerprint density at radius 1 is 1.65 bits per heavy atom. The van der Waals surface area contributed by atoms with Gasteiger partial charge in [-0.05, 0) is 25.1 Å². The Kier molecular flexibility index (Phi) is 3.29. The molecule has 0 bridgehead atoms. The van der Waals surface area contributed by atoms with Gasteiger partial charge in [-0.25, -0.2) is 4.98 Å². The second-order valence-electron chi connectivity index (χ2n) is 4.80. The predicted octanol–water partition coefficient (Wildman–Crippen LogP) is -0.465. The lowest BCUT2D eigenvalue weighted by Crippen LogP contribution is -2.36. The lowest BCUT2D eigenvalue weighted by atomic mass is 10.2. The molecule has 1 amide bonds. The molecule has 1 aliphatic rings. The quantitative estimate of drug-likeness (QED) is 0.701. The van der Waals surface area contributed by atoms with Crippen molar-refractivity contribution in [2.75, 3.05) is 13.2 Å². The molecule has 1 aliphatic heterocycles. The van der Waals surface area contributed by atoms with Gasteiger partial charge in [0, 0.05) is 6.20 Å². The number of aromatic nitrogens is 2. The van der Waals surface area contributed by atoms with Crippen molar-refractivity contribution >= 4 is 11.6 Å². The molecule has 0 radical (unpaired) electrons. The highest BCUT2D eigenvalue weighted by atomic mass is 16.5. The number of aliphatic hydroxyl groups is 1. The van der Waals surface area contributed by atoms with E-state index in [2.05, 4.69) is 10.3 Å². The monoisotopic (exact) mass is 276 g/mol. The van der Waals surface area contributed by atoms with E-state index >= 15 is 0 Å². The Labute approximate surface area is 115 Å². The zero-order valence-corrected chi connectivity index (χ0v) is 10.8. The van der Waals surface area contributed by atoms with Crippen molar-refractivity contribution in [1.82, 2.24) is 14.7 Å². The van der Waals surface area contributed by atoms with Crippen LogP contribution in [0.1, 0.15) is 16.9 Å². The van der Waals surface area contributed by atoms with Crippen molar-refractivity contribution in [2.24, 2.45) is 5.73 Å². The minimum Gasteiger partial charge on any atom is -0.488 e. The third-order valence-corrected chi connectivity index (χ3v) is 3.48. The van der Waals surface area contributed by atoms with E-state index in [1.165, 1.54) is 6.20 Å². The summed E-state index contributed by atoms with van der Waals surface area (Å²) in [6, 6.07) is 3.45. The molecule has 0 aliphatic carbocycles. The average molecular weight is 276 g/mol. The van der Waals surface area contributed by atoms with E-state index in [9.17, 15) is 9.90 Å². The zero-order valence-electron chi connectivity index (χ0n) is 10.8. The maximum atomic E-state index is 11.3. The van der Waals surface area contributed by atoms with Crippen LogP contribution in [0.3, 0.4) is 0 Å². The van der Waals surface area contributed by atoms with E-state index in [0.29, 0.717) is 23.7 Å². The Bertz CT molecular complexity index is 640. The molecule has 0 unspecified atom stereocenters. The van der Waals surface area contributed by atoms with Gasteiger partial charge in [0.05, 0.1) is 18.3 Å². The van der Waals surface area contributed by atoms with Crippen molar-refractivity contribution in [2.45, 2.75) is 18.6 Å². The van der Waals surface area contributed by atoms with E-state index in [-0.39, 0.29) is 6.04 Å². The molecule has 3 heterocycles. The number of hydrogen-bond acceptors (Lipinski definition) is 5. The van der Waals surface area contributed by atoms with Gasteiger partial charge in [0.15, 0.2) is 11.4 Å². The molecular formula is C13H16N4O3. The molecular weight excluding hydrogens is 260 g/mol. The average Bonchev–Trinajstić information content (AvgIpc) is 3.02. The summed E-state index contributed by atoms with van der Waals surface area (Å²) in [6.07, 6.45) is 3.47. The van der Waals surface area contributed by atoms with Gasteiger partial charge in [0.2, 0.25) is 0 Å². The minimum atomic E-state index is -0.539. The first kappa shape index (κ1) is 12.9. The minimum absolute atomic E-state index is 0.0826. The van der Waals surface area contributed by atoms with Gasteiger partial charge in [-0.3, -0.25) is 9.20 Å². The highest BCUT2D eigenvalue weighted by molar-refractivity contribution is 5.92. The number of ether oxygens (including phenoxy) is 1. The molecule has 7 nitrogen and oxygen atoms in total. The van der Waals surface area contributed by atoms with Crippen molar-refractivity contribution in [3.8, 4) is 5.75 Å². The van der Waals surface area contributed by atoms with Crippen molar-refractivity contribution in [1.29, 1.82) is 0 Å². The van der Waals surface area contributed by atoms with Crippen LogP contribution in [0.25, 0.3) is 5.65 Å². The van der Waals surface area contributed by atoms with E-state index in [1.807, 2.05) is 0 Å². The first-order valence-corrected chi connectivity index (χ1v) is 6.47. The smallest absolute Gasteiger partial charge is 0.267 e. The number of nitrogens with one attached hydrogen (secondary N) is 1. The van der Waals surface area contributed by atoms with Crippen LogP contribution < -0.4 is 15.8 Å². The number of primary amides is 1. The molecule has 20 heavy (non-hydrogen) atoms. The van der Waals surface area contributed by atoms with E-state index in [0.717, 1.165) is 13.0 Å². The third kappa shape index (κ3) is 2.21. The maximum absolute atomic E-state index is 11.3. The van der Waals surface area contributed by atoms with Crippen LogP contribution in [0.15, 0.2) is 24.5 Å². The van der Waals surface area contributed by atoms with E-state index in [4.69, 9.17) is 10.5 Å². The summed E-state index contributed by atoms with van der Waals surface area (Å²) in [7, 11) is 0. The van der Waals surface area contributed by atoms with Crippen molar-refractivity contribution in [3.05, 3.63) is 30.2 Å². The fourth-order valence-corrected chi connectivity index (χ4v) is 2.38. The number of carbonyl (C=O) groups excluding carboxylic acids is 1. The largest absolute Gasteiger partial charge is 0.488 e. The zero-order chi connectivity index (χ0) is 14.1. The van der Waals surface area contributed by atoms with Crippen LogP contribution in [0.2, 0.25) is 0 Å². The molecule has 1 saturated heterocycles. The number of fused-ring (bicyclic) bond motifs is 1. The van der Waals surface area contributed by atoms with Crippen molar-refractivity contribution < 1.29 is 14.6 Å². The molecule has 7 heteroatoms. The molecule has 0 aromatic carbocycles. The predicted molar refractivity (Wildman–Crippen MR) is 71.6 cm³/mol. The molecule has 0 spiro atoms. The lowest BCUT2D eigenvalue weighted by Gasteiger charge is -2.16. The topological polar surface area (TPSA) is 102 Å². The number of carbonyl (C=O) groups is 1. The number of imidazole rings is 1. The summed E-state index contributed by atoms with van der Waals surface area (Å²) in [6.45, 7) is 1.13. The van der Waals surface area contributed by atoms with E-state index in [1.54, 1.807) is 22.7 Å². The molecule has 4 N–H and O–H groups in total. The summed E-state index contributed by atoms with van der Waals surface area (Å²) in [5, 5.41) is 12.9. The van der Waals surface area contributed by atoms with Crippen LogP contribution in [-0.4, -0.2) is 45.7 Å². The SMILES string of the molecule is NC(=O)c1cnc2c(OC[C@H]3NCC[C@@H]3O)cccn12. The third-order valence-electron chi connectivity index (χ3n) is 3.48. The lowest BCUT2D eigenvalue weighted by molar-refractivity contribution is 0.0994. The Morgan fingerprint density at radius 3 is 3.20 bits per heavy atom. The fourth-order valence-electron chi connectivity index (χ4n) is 2.38. The molecule has 3 rings (SSSR count). The Hall–Kier alpha value is -2.12. The first-order valence-electron chi connectivity index (χ1n) is 6.47. The Morgan fingerprint density at radius 2 is 2.50 bits per heavy atom. The highest BCUT2D eigenvalue weighted by Gasteiger charge is 2.25. The summed E-state index contributed by atoms with van der Waals surface area (Å²) in [5.41, 5.74) is 6.13. The van der Waals surface area contributed by atoms with Crippen LogP contribution in [0, 0.1) is 0 Å². The number of amides is 1. The first-order chi connectivity index (χ1) is 9.66. The number of aliphatic hydroxyl groups excluding tert-OH is 1. The Balaban J connectivity index is 1.83. The summed E-state index contributed by atoms with van der Waals surface area (Å²) >= 11 is 0. The van der Waals surface area contributed by atoms with Gasteiger partial charge < -0.3 is 20.9 Å². The molecule has 2 aromatic rings. The number of nitrogens with two attached hydrogens (primary N) is 1. The van der Waals surface area contributed by atoms with Crippen molar-refractivity contribution in [3.63, 3.8) is 0 Å². The number of nitrogens with zero attached hydrogens (tertiary/aromatic N) is 2. The fraction of sp³-hybridized carbons (Fsp3) is 0.385. The van der Waals surface area contributed by atoms with Gasteiger partial charge in [-0.2, -0.15) is 0 Å². The van der Waals surface area contributed by atoms with Gasteiger partial charge in [0.1, 0.15) is 12.3 Å². The van der Waals surface area contributed by atoms with Gasteiger partial charge in [-0.1, -0.05) is 0 Å². The second-order valence-corrected chi connectivity index (χ2v) is 4.80. The van der Waals surface area contributed by atoms with E-state index < -0.39 is 12.0 Å². The second kappa shape index (κ2) is 5.10. The van der Waals surface area contributed by atoms with Crippen LogP contribution in [0.4, 0.5) is 0 Å². The molecule has 0 saturated carbocycles. The number of pyridine rings is 1. The van der Waals surface area contributed by atoms with Crippen LogP contribution in [-0.2, 0) is 0 Å². The van der Waals surface area contributed by atoms with Gasteiger partial charge in [-0.15, -0.1) is 0 Å². The number of rotatable bonds is 4. The molecule has 106 valence electrons. The summed E-state index contributed by atoms with van der Waals surface area (Å²) < 4.78 is 7.30. The normalized spacial score (nSPS) is 22.2. The summed E-state index contributed by atoms with van der Waals surface area (Å²) in [5.74, 6) is 0.0171. The summed E-state index contributed by atoms with van der Waals surface area (Å²) in [4.78, 5) is 15.4. The van der Waals surface area contributed by atoms with Gasteiger partial charge in [0.25, 0.3) is 5.91 Å². The molecule has 2 atom stereocenters. The van der Waals surface area contributed by atoms with Crippen LogP contribution >= 0.6 is 0 Å². The standard InChI is InChI=1S/C13H16N4O3/c14-12(19)9-6-16-13-11(2-1-5-17(9)13)20-7-8-10(18)3-4-15-8/h1-2,5-6,8,10,15,18H,3-4,7H2,(H2,14,19)/t8-,10+/m1/s1. The highest BCUT2D eigenvalue weighted by Crippen LogP contribution is 2.20. The maximum Gasteiger partial charge on any atom is 0.267 e. The van der Waals surface area contributed by atoms with Crippen LogP contribution in [0.5, 0.6) is 5.75 Å². The van der Waals surface area contributed by atoms with Gasteiger partial charge >= 0.3 is 0 Å². The molecule has 2 aromatic heterocycles.